The third-order valence-corrected chi connectivity index (χ3v) is 3.69. The van der Waals surface area contributed by atoms with Gasteiger partial charge in [-0.2, -0.15) is 0 Å². The number of piperazine rings is 1. The molecule has 1 saturated carbocycles. The van der Waals surface area contributed by atoms with Crippen molar-refractivity contribution in [2.45, 2.75) is 37.9 Å². The third kappa shape index (κ3) is 1.82. The molecule has 0 aromatic carbocycles. The molecule has 1 aliphatic heterocycles. The number of hydrogen-bond donors (Lipinski definition) is 1. The number of furan rings is 1. The SMILES string of the molecule is c1coc(CN2CCNC3CCCC32)c1. The lowest BCUT2D eigenvalue weighted by atomic mass is 10.1. The molecule has 0 spiro atoms. The minimum atomic E-state index is 0.730. The smallest absolute Gasteiger partial charge is 0.117 e. The van der Waals surface area contributed by atoms with E-state index in [0.717, 1.165) is 37.5 Å². The molecule has 1 aromatic rings. The van der Waals surface area contributed by atoms with Gasteiger partial charge in [0.25, 0.3) is 0 Å². The van der Waals surface area contributed by atoms with Gasteiger partial charge in [0.1, 0.15) is 5.76 Å². The molecule has 3 rings (SSSR count). The first-order valence-corrected chi connectivity index (χ1v) is 5.93. The van der Waals surface area contributed by atoms with E-state index in [2.05, 4.69) is 16.3 Å². The molecular formula is C12H18N2O. The molecule has 2 unspecified atom stereocenters. The predicted molar refractivity (Wildman–Crippen MR) is 58.5 cm³/mol. The van der Waals surface area contributed by atoms with Crippen molar-refractivity contribution >= 4 is 0 Å². The fraction of sp³-hybridized carbons (Fsp3) is 0.667. The molecule has 82 valence electrons. The zero-order chi connectivity index (χ0) is 10.1. The zero-order valence-corrected chi connectivity index (χ0v) is 8.98. The van der Waals surface area contributed by atoms with E-state index in [1.54, 1.807) is 6.26 Å². The van der Waals surface area contributed by atoms with Crippen molar-refractivity contribution in [3.8, 4) is 0 Å². The van der Waals surface area contributed by atoms with Gasteiger partial charge in [0.2, 0.25) is 0 Å². The summed E-state index contributed by atoms with van der Waals surface area (Å²) in [5.74, 6) is 1.10. The van der Waals surface area contributed by atoms with Gasteiger partial charge >= 0.3 is 0 Å². The molecule has 3 heteroatoms. The number of hydrogen-bond acceptors (Lipinski definition) is 3. The molecule has 0 amide bonds. The number of rotatable bonds is 2. The molecule has 2 atom stereocenters. The van der Waals surface area contributed by atoms with E-state index in [9.17, 15) is 0 Å². The molecule has 1 aromatic heterocycles. The van der Waals surface area contributed by atoms with Gasteiger partial charge in [-0.15, -0.1) is 0 Å². The van der Waals surface area contributed by atoms with Crippen LogP contribution >= 0.6 is 0 Å². The Morgan fingerprint density at radius 3 is 3.33 bits per heavy atom. The predicted octanol–water partition coefficient (Wildman–Crippen LogP) is 1.61. The topological polar surface area (TPSA) is 28.4 Å². The van der Waals surface area contributed by atoms with Gasteiger partial charge < -0.3 is 9.73 Å². The van der Waals surface area contributed by atoms with Crippen molar-refractivity contribution in [3.05, 3.63) is 24.2 Å². The van der Waals surface area contributed by atoms with E-state index >= 15 is 0 Å². The Morgan fingerprint density at radius 2 is 2.47 bits per heavy atom. The lowest BCUT2D eigenvalue weighted by molar-refractivity contribution is 0.120. The maximum absolute atomic E-state index is 5.42. The fourth-order valence-electron chi connectivity index (χ4n) is 2.97. The van der Waals surface area contributed by atoms with Crippen LogP contribution in [0.15, 0.2) is 22.8 Å². The van der Waals surface area contributed by atoms with E-state index in [1.165, 1.54) is 19.3 Å². The van der Waals surface area contributed by atoms with Crippen LogP contribution in [0.5, 0.6) is 0 Å². The monoisotopic (exact) mass is 206 g/mol. The van der Waals surface area contributed by atoms with Gasteiger partial charge in [-0.05, 0) is 25.0 Å². The van der Waals surface area contributed by atoms with Gasteiger partial charge in [-0.1, -0.05) is 6.42 Å². The van der Waals surface area contributed by atoms with Gasteiger partial charge in [0.05, 0.1) is 12.8 Å². The van der Waals surface area contributed by atoms with E-state index in [1.807, 2.05) is 6.07 Å². The molecule has 1 aliphatic carbocycles. The second kappa shape index (κ2) is 3.99. The lowest BCUT2D eigenvalue weighted by Gasteiger charge is -2.37. The molecule has 1 saturated heterocycles. The summed E-state index contributed by atoms with van der Waals surface area (Å²) in [5.41, 5.74) is 0. The summed E-state index contributed by atoms with van der Waals surface area (Å²) in [6.45, 7) is 3.26. The number of fused-ring (bicyclic) bond motifs is 1. The van der Waals surface area contributed by atoms with Gasteiger partial charge in [0, 0.05) is 25.2 Å². The van der Waals surface area contributed by atoms with Crippen LogP contribution in [0.1, 0.15) is 25.0 Å². The second-order valence-electron chi connectivity index (χ2n) is 4.61. The van der Waals surface area contributed by atoms with Crippen molar-refractivity contribution in [3.63, 3.8) is 0 Å². The van der Waals surface area contributed by atoms with Crippen molar-refractivity contribution in [1.29, 1.82) is 0 Å². The Kier molecular flexibility index (Phi) is 2.51. The van der Waals surface area contributed by atoms with Gasteiger partial charge in [-0.25, -0.2) is 0 Å². The summed E-state index contributed by atoms with van der Waals surface area (Å²) in [6, 6.07) is 5.52. The van der Waals surface area contributed by atoms with E-state index in [-0.39, 0.29) is 0 Å². The van der Waals surface area contributed by atoms with Crippen molar-refractivity contribution in [2.24, 2.45) is 0 Å². The number of nitrogens with one attached hydrogen (secondary N) is 1. The Bertz CT molecular complexity index is 309. The van der Waals surface area contributed by atoms with Gasteiger partial charge in [0.15, 0.2) is 0 Å². The van der Waals surface area contributed by atoms with Crippen molar-refractivity contribution in [1.82, 2.24) is 10.2 Å². The maximum atomic E-state index is 5.42. The summed E-state index contributed by atoms with van der Waals surface area (Å²) in [5, 5.41) is 3.62. The van der Waals surface area contributed by atoms with E-state index in [0.29, 0.717) is 0 Å². The van der Waals surface area contributed by atoms with Crippen LogP contribution < -0.4 is 5.32 Å². The zero-order valence-electron chi connectivity index (χ0n) is 8.98. The van der Waals surface area contributed by atoms with Crippen LogP contribution in [-0.4, -0.2) is 30.1 Å². The minimum absolute atomic E-state index is 0.730. The lowest BCUT2D eigenvalue weighted by Crippen LogP contribution is -2.54. The van der Waals surface area contributed by atoms with Crippen molar-refractivity contribution < 1.29 is 4.42 Å². The Labute approximate surface area is 90.4 Å². The summed E-state index contributed by atoms with van der Waals surface area (Å²) in [7, 11) is 0. The van der Waals surface area contributed by atoms with Crippen LogP contribution in [0.3, 0.4) is 0 Å². The summed E-state index contributed by atoms with van der Waals surface area (Å²) < 4.78 is 5.42. The van der Waals surface area contributed by atoms with E-state index in [4.69, 9.17) is 4.42 Å². The third-order valence-electron chi connectivity index (χ3n) is 3.69. The standard InChI is InChI=1S/C12H18N2O/c1-4-11-12(5-1)14(7-6-13-11)9-10-3-2-8-15-10/h2-3,8,11-13H,1,4-7,9H2. The highest BCUT2D eigenvalue weighted by Crippen LogP contribution is 2.27. The maximum Gasteiger partial charge on any atom is 0.117 e. The highest BCUT2D eigenvalue weighted by atomic mass is 16.3. The van der Waals surface area contributed by atoms with Crippen molar-refractivity contribution in [2.75, 3.05) is 13.1 Å². The Morgan fingerprint density at radius 1 is 1.47 bits per heavy atom. The summed E-state index contributed by atoms with van der Waals surface area (Å²) >= 11 is 0. The Balaban J connectivity index is 1.69. The summed E-state index contributed by atoms with van der Waals surface area (Å²) in [4.78, 5) is 2.58. The molecule has 15 heavy (non-hydrogen) atoms. The van der Waals surface area contributed by atoms with Crippen LogP contribution in [0.4, 0.5) is 0 Å². The molecular weight excluding hydrogens is 188 g/mol. The normalized spacial score (nSPS) is 31.7. The van der Waals surface area contributed by atoms with Crippen LogP contribution in [0, 0.1) is 0 Å². The largest absolute Gasteiger partial charge is 0.468 e. The van der Waals surface area contributed by atoms with Crippen LogP contribution in [0.2, 0.25) is 0 Å². The first kappa shape index (κ1) is 9.43. The molecule has 0 radical (unpaired) electrons. The van der Waals surface area contributed by atoms with Crippen LogP contribution in [-0.2, 0) is 6.54 Å². The molecule has 2 aliphatic rings. The average Bonchev–Trinajstić information content (AvgIpc) is 2.87. The highest BCUT2D eigenvalue weighted by Gasteiger charge is 2.34. The second-order valence-corrected chi connectivity index (χ2v) is 4.61. The molecule has 1 N–H and O–H groups in total. The first-order chi connectivity index (χ1) is 7.43. The van der Waals surface area contributed by atoms with Gasteiger partial charge in [-0.3, -0.25) is 4.90 Å². The molecule has 3 nitrogen and oxygen atoms in total. The molecule has 2 fully saturated rings. The number of nitrogens with zero attached hydrogens (tertiary/aromatic N) is 1. The summed E-state index contributed by atoms with van der Waals surface area (Å²) in [6.07, 6.45) is 5.83. The Hall–Kier alpha value is -0.800. The minimum Gasteiger partial charge on any atom is -0.468 e. The quantitative estimate of drug-likeness (QED) is 0.797. The van der Waals surface area contributed by atoms with E-state index < -0.39 is 0 Å². The van der Waals surface area contributed by atoms with Crippen LogP contribution in [0.25, 0.3) is 0 Å². The molecule has 0 bridgehead atoms. The fourth-order valence-corrected chi connectivity index (χ4v) is 2.97. The first-order valence-electron chi connectivity index (χ1n) is 5.93. The molecule has 2 heterocycles. The highest BCUT2D eigenvalue weighted by molar-refractivity contribution is 5.01. The average molecular weight is 206 g/mol.